The molecule has 4 aliphatic rings. The first-order chi connectivity index (χ1) is 23.9. The van der Waals surface area contributed by atoms with E-state index in [2.05, 4.69) is 35.1 Å². The van der Waals surface area contributed by atoms with Gasteiger partial charge in [0.2, 0.25) is 19.7 Å². The van der Waals surface area contributed by atoms with Crippen molar-refractivity contribution in [2.75, 3.05) is 30.3 Å². The maximum atomic E-state index is 13.1. The first-order valence-electron chi connectivity index (χ1n) is 17.2. The third kappa shape index (κ3) is 6.66. The van der Waals surface area contributed by atoms with Gasteiger partial charge in [0.1, 0.15) is 11.6 Å². The standard InChI is InChI=1S/2C19H21FN2O2S/c1-12-11-21-9-8-16-17-10-15(6-7-18(17)22-19(12)16)25(23,24)14-4-2-13(20)3-5-14;1-12-10-19-16(8-9-21-12)17-11-15(6-7-18(17)22-19)25(23,24)14-4-2-13(20)3-5-14/h2-7,10,12,16,19,21-22H,8-9,11H2,1H3;2-7,11-12,16,19,21-22H,8-10H2,1H3/t12?,16-,19+;12?,16-,19-/m00/s1. The summed E-state index contributed by atoms with van der Waals surface area (Å²) in [5.41, 5.74) is 4.21. The predicted octanol–water partition coefficient (Wildman–Crippen LogP) is 6.47. The Bertz CT molecular complexity index is 2090. The summed E-state index contributed by atoms with van der Waals surface area (Å²) in [6.07, 6.45) is 2.98. The molecule has 4 aromatic rings. The lowest BCUT2D eigenvalue weighted by Gasteiger charge is -2.22. The Morgan fingerprint density at radius 1 is 0.620 bits per heavy atom. The van der Waals surface area contributed by atoms with Gasteiger partial charge < -0.3 is 21.3 Å². The maximum Gasteiger partial charge on any atom is 0.206 e. The van der Waals surface area contributed by atoms with E-state index < -0.39 is 31.3 Å². The van der Waals surface area contributed by atoms with Gasteiger partial charge in [0.15, 0.2) is 0 Å². The molecule has 0 radical (unpaired) electrons. The normalized spacial score (nSPS) is 25.6. The largest absolute Gasteiger partial charge is 0.381 e. The molecule has 8 nitrogen and oxygen atoms in total. The van der Waals surface area contributed by atoms with Crippen molar-refractivity contribution < 1.29 is 25.6 Å². The van der Waals surface area contributed by atoms with Crippen LogP contribution >= 0.6 is 0 Å². The Morgan fingerprint density at radius 3 is 1.70 bits per heavy atom. The summed E-state index contributed by atoms with van der Waals surface area (Å²) in [7, 11) is -7.29. The van der Waals surface area contributed by atoms with E-state index in [1.54, 1.807) is 24.3 Å². The molecule has 0 amide bonds. The second-order valence-corrected chi connectivity index (χ2v) is 17.8. The number of sulfone groups is 2. The zero-order chi connectivity index (χ0) is 35.2. The van der Waals surface area contributed by atoms with Crippen LogP contribution in [0.2, 0.25) is 0 Å². The van der Waals surface area contributed by atoms with Crippen molar-refractivity contribution in [3.8, 4) is 0 Å². The fourth-order valence-electron chi connectivity index (χ4n) is 7.90. The Labute approximate surface area is 292 Å². The Hall–Kier alpha value is -3.84. The number of rotatable bonds is 4. The van der Waals surface area contributed by atoms with Gasteiger partial charge >= 0.3 is 0 Å². The molecule has 2 saturated heterocycles. The van der Waals surface area contributed by atoms with Gasteiger partial charge in [-0.1, -0.05) is 6.92 Å². The van der Waals surface area contributed by atoms with Gasteiger partial charge in [0, 0.05) is 41.3 Å². The molecule has 4 heterocycles. The lowest BCUT2D eigenvalue weighted by molar-refractivity contribution is 0.454. The molecule has 0 bridgehead atoms. The monoisotopic (exact) mass is 720 g/mol. The highest BCUT2D eigenvalue weighted by Crippen LogP contribution is 2.44. The number of benzene rings is 4. The predicted molar refractivity (Wildman–Crippen MR) is 190 cm³/mol. The van der Waals surface area contributed by atoms with E-state index >= 15 is 0 Å². The first-order valence-corrected chi connectivity index (χ1v) is 20.1. The quantitative estimate of drug-likeness (QED) is 0.177. The van der Waals surface area contributed by atoms with Crippen molar-refractivity contribution in [2.24, 2.45) is 5.92 Å². The van der Waals surface area contributed by atoms with Crippen LogP contribution in [0.1, 0.15) is 56.1 Å². The molecular weight excluding hydrogens is 679 g/mol. The second-order valence-electron chi connectivity index (χ2n) is 13.9. The Morgan fingerprint density at radius 2 is 1.12 bits per heavy atom. The zero-order valence-corrected chi connectivity index (χ0v) is 29.6. The van der Waals surface area contributed by atoms with Crippen LogP contribution in [0.4, 0.5) is 20.2 Å². The molecule has 12 heteroatoms. The van der Waals surface area contributed by atoms with Gasteiger partial charge in [-0.2, -0.15) is 0 Å². The average Bonchev–Trinajstić information content (AvgIpc) is 3.49. The van der Waals surface area contributed by atoms with Gasteiger partial charge in [0.25, 0.3) is 0 Å². The van der Waals surface area contributed by atoms with Crippen molar-refractivity contribution in [1.82, 2.24) is 10.6 Å². The van der Waals surface area contributed by atoms with Crippen molar-refractivity contribution in [1.29, 1.82) is 0 Å². The van der Waals surface area contributed by atoms with Crippen LogP contribution in [0.15, 0.2) is 105 Å². The molecule has 8 rings (SSSR count). The second kappa shape index (κ2) is 13.7. The van der Waals surface area contributed by atoms with Gasteiger partial charge in [-0.3, -0.25) is 0 Å². The van der Waals surface area contributed by atoms with Gasteiger partial charge in [-0.15, -0.1) is 0 Å². The van der Waals surface area contributed by atoms with Crippen molar-refractivity contribution in [3.05, 3.63) is 108 Å². The van der Waals surface area contributed by atoms with E-state index in [0.717, 1.165) is 61.4 Å². The summed E-state index contributed by atoms with van der Waals surface area (Å²) in [4.78, 5) is 0.774. The van der Waals surface area contributed by atoms with E-state index in [4.69, 9.17) is 0 Å². The summed E-state index contributed by atoms with van der Waals surface area (Å²) >= 11 is 0. The van der Waals surface area contributed by atoms with E-state index in [1.165, 1.54) is 48.5 Å². The van der Waals surface area contributed by atoms with Gasteiger partial charge in [0.05, 0.1) is 19.6 Å². The van der Waals surface area contributed by atoms with E-state index in [9.17, 15) is 25.6 Å². The van der Waals surface area contributed by atoms with E-state index in [1.807, 2.05) is 12.1 Å². The molecule has 6 atom stereocenters. The van der Waals surface area contributed by atoms with Crippen LogP contribution < -0.4 is 21.3 Å². The number of hydrogen-bond acceptors (Lipinski definition) is 8. The summed E-state index contributed by atoms with van der Waals surface area (Å²) in [6, 6.07) is 21.7. The number of halogens is 2. The van der Waals surface area contributed by atoms with Crippen molar-refractivity contribution in [3.63, 3.8) is 0 Å². The van der Waals surface area contributed by atoms with Crippen LogP contribution in [0.25, 0.3) is 0 Å². The molecule has 0 aromatic heterocycles. The van der Waals surface area contributed by atoms with E-state index in [0.29, 0.717) is 35.9 Å². The third-order valence-electron chi connectivity index (χ3n) is 10.6. The molecule has 0 saturated carbocycles. The third-order valence-corrected chi connectivity index (χ3v) is 14.1. The lowest BCUT2D eigenvalue weighted by atomic mass is 9.87. The summed E-state index contributed by atoms with van der Waals surface area (Å²) in [5.74, 6) is 0.205. The van der Waals surface area contributed by atoms with Crippen LogP contribution in [0.3, 0.4) is 0 Å². The molecule has 4 aliphatic heterocycles. The van der Waals surface area contributed by atoms with E-state index in [-0.39, 0.29) is 19.6 Å². The minimum Gasteiger partial charge on any atom is -0.381 e. The van der Waals surface area contributed by atoms with Crippen LogP contribution in [0, 0.1) is 17.6 Å². The molecular formula is C38H42F2N4O4S2. The van der Waals surface area contributed by atoms with Crippen molar-refractivity contribution >= 4 is 31.0 Å². The molecule has 50 heavy (non-hydrogen) atoms. The Balaban J connectivity index is 0.000000157. The van der Waals surface area contributed by atoms with Crippen LogP contribution in [-0.4, -0.2) is 54.6 Å². The summed E-state index contributed by atoms with van der Waals surface area (Å²) in [6.45, 7) is 7.21. The topological polar surface area (TPSA) is 116 Å². The zero-order valence-electron chi connectivity index (χ0n) is 28.0. The van der Waals surface area contributed by atoms with Gasteiger partial charge in [-0.25, -0.2) is 25.6 Å². The minimum atomic E-state index is -3.65. The molecule has 4 aromatic carbocycles. The number of fused-ring (bicyclic) bond motifs is 6. The highest BCUT2D eigenvalue weighted by atomic mass is 32.2. The molecule has 264 valence electrons. The molecule has 0 spiro atoms. The SMILES string of the molecule is CC1CNCC[C@H]2c3cc(S(=O)(=O)c4ccc(F)cc4)ccc3N[C@H]12.CC1C[C@@H]2Nc3ccc(S(=O)(=O)c4ccc(F)cc4)cc3[C@@H]2CCN1. The summed E-state index contributed by atoms with van der Waals surface area (Å²) in [5, 5.41) is 14.0. The smallest absolute Gasteiger partial charge is 0.206 e. The number of anilines is 2. The first kappa shape index (κ1) is 34.6. The van der Waals surface area contributed by atoms with Crippen molar-refractivity contribution in [2.45, 2.75) is 82.7 Å². The van der Waals surface area contributed by atoms with Gasteiger partial charge in [-0.05, 0) is 148 Å². The number of nitrogens with one attached hydrogen (secondary N) is 4. The fraction of sp³-hybridized carbons (Fsp3) is 0.368. The summed E-state index contributed by atoms with van der Waals surface area (Å²) < 4.78 is 77.7. The van der Waals surface area contributed by atoms with Crippen LogP contribution in [0.5, 0.6) is 0 Å². The molecule has 2 fully saturated rings. The lowest BCUT2D eigenvalue weighted by Crippen LogP contribution is -2.31. The Kier molecular flexibility index (Phi) is 9.48. The van der Waals surface area contributed by atoms with Crippen LogP contribution in [-0.2, 0) is 19.7 Å². The highest BCUT2D eigenvalue weighted by Gasteiger charge is 2.38. The number of hydrogen-bond donors (Lipinski definition) is 4. The average molecular weight is 721 g/mol. The molecule has 2 unspecified atom stereocenters. The maximum absolute atomic E-state index is 13.1. The molecule has 0 aliphatic carbocycles. The molecule has 4 N–H and O–H groups in total. The fourth-order valence-corrected chi connectivity index (χ4v) is 10.5. The highest BCUT2D eigenvalue weighted by molar-refractivity contribution is 7.91. The minimum absolute atomic E-state index is 0.118.